The second-order valence-corrected chi connectivity index (χ2v) is 14.0. The molecule has 1 fully saturated rings. The van der Waals surface area contributed by atoms with E-state index < -0.39 is 45.5 Å². The number of ether oxygens (including phenoxy) is 1. The molecule has 2 aromatic rings. The number of nitrogens with one attached hydrogen (secondary N) is 2. The summed E-state index contributed by atoms with van der Waals surface area (Å²) in [5, 5.41) is 10.3. The van der Waals surface area contributed by atoms with E-state index in [9.17, 15) is 31.2 Å². The van der Waals surface area contributed by atoms with Gasteiger partial charge >= 0.3 is 6.18 Å². The number of alkyl halides is 3. The van der Waals surface area contributed by atoms with E-state index in [1.54, 1.807) is 10.7 Å². The van der Waals surface area contributed by atoms with Gasteiger partial charge in [-0.05, 0) is 54.9 Å². The van der Waals surface area contributed by atoms with Crippen molar-refractivity contribution in [3.8, 4) is 5.75 Å². The van der Waals surface area contributed by atoms with Crippen LogP contribution < -0.4 is 15.4 Å². The van der Waals surface area contributed by atoms with Gasteiger partial charge in [-0.25, -0.2) is 8.42 Å². The first kappa shape index (κ1) is 30.4. The molecule has 0 bridgehead atoms. The van der Waals surface area contributed by atoms with Gasteiger partial charge in [0, 0.05) is 25.6 Å². The number of hydrogen-bond donors (Lipinski definition) is 2. The first-order chi connectivity index (χ1) is 19.8. The highest BCUT2D eigenvalue weighted by atomic mass is 32.2. The molecule has 1 atom stereocenters. The minimum atomic E-state index is -4.22. The zero-order chi connectivity index (χ0) is 30.1. The number of anilines is 1. The average molecular weight is 611 g/mol. The SMILES string of the molecule is CS(=O)(=O)CC(=O)Nc1nn(CCC2CCCCC2)c2c1C(=O)N[C@@]1(CCc3cc(OCCCC(F)(F)F)ccc31)C2. The van der Waals surface area contributed by atoms with Crippen LogP contribution in [0.2, 0.25) is 0 Å². The molecule has 1 aromatic carbocycles. The fraction of sp³-hybridized carbons (Fsp3) is 0.621. The molecular weight excluding hydrogens is 573 g/mol. The molecule has 1 spiro atoms. The van der Waals surface area contributed by atoms with Gasteiger partial charge in [-0.15, -0.1) is 0 Å². The predicted octanol–water partition coefficient (Wildman–Crippen LogP) is 4.69. The Hall–Kier alpha value is -3.09. The van der Waals surface area contributed by atoms with Crippen LogP contribution in [0.25, 0.3) is 0 Å². The summed E-state index contributed by atoms with van der Waals surface area (Å²) in [5.74, 6) is -0.736. The summed E-state index contributed by atoms with van der Waals surface area (Å²) in [5.41, 5.74) is 2.13. The van der Waals surface area contributed by atoms with Crippen LogP contribution in [0.1, 0.15) is 85.0 Å². The number of fused-ring (bicyclic) bond motifs is 3. The Morgan fingerprint density at radius 3 is 2.71 bits per heavy atom. The molecule has 42 heavy (non-hydrogen) atoms. The summed E-state index contributed by atoms with van der Waals surface area (Å²) in [6.07, 6.45) is 4.27. The Bertz CT molecular complexity index is 1450. The van der Waals surface area contributed by atoms with Crippen molar-refractivity contribution < 1.29 is 35.9 Å². The summed E-state index contributed by atoms with van der Waals surface area (Å²) in [6, 6.07) is 5.42. The average Bonchev–Trinajstić information content (AvgIpc) is 3.42. The predicted molar refractivity (Wildman–Crippen MR) is 150 cm³/mol. The third-order valence-corrected chi connectivity index (χ3v) is 9.31. The molecule has 5 rings (SSSR count). The molecule has 230 valence electrons. The quantitative estimate of drug-likeness (QED) is 0.377. The summed E-state index contributed by atoms with van der Waals surface area (Å²) in [4.78, 5) is 26.1. The van der Waals surface area contributed by atoms with E-state index >= 15 is 0 Å². The van der Waals surface area contributed by atoms with Gasteiger partial charge < -0.3 is 15.4 Å². The molecule has 0 radical (unpaired) electrons. The van der Waals surface area contributed by atoms with Gasteiger partial charge in [0.15, 0.2) is 15.7 Å². The molecule has 2 aliphatic carbocycles. The molecule has 13 heteroatoms. The molecule has 9 nitrogen and oxygen atoms in total. The van der Waals surface area contributed by atoms with Crippen LogP contribution in [-0.4, -0.2) is 54.8 Å². The van der Waals surface area contributed by atoms with E-state index in [0.717, 1.165) is 36.6 Å². The summed E-state index contributed by atoms with van der Waals surface area (Å²) in [6.45, 7) is 0.535. The van der Waals surface area contributed by atoms with Crippen LogP contribution in [0.3, 0.4) is 0 Å². The van der Waals surface area contributed by atoms with Gasteiger partial charge in [0.1, 0.15) is 17.1 Å². The summed E-state index contributed by atoms with van der Waals surface area (Å²) >= 11 is 0. The number of rotatable bonds is 10. The van der Waals surface area contributed by atoms with Crippen molar-refractivity contribution in [2.24, 2.45) is 5.92 Å². The minimum Gasteiger partial charge on any atom is -0.494 e. The topological polar surface area (TPSA) is 119 Å². The van der Waals surface area contributed by atoms with Gasteiger partial charge in [0.2, 0.25) is 5.91 Å². The molecule has 1 saturated carbocycles. The van der Waals surface area contributed by atoms with E-state index in [1.807, 2.05) is 12.1 Å². The number of aromatic nitrogens is 2. The molecule has 1 aliphatic heterocycles. The van der Waals surface area contributed by atoms with Crippen LogP contribution in [0.15, 0.2) is 18.2 Å². The number of aryl methyl sites for hydroxylation is 2. The second kappa shape index (κ2) is 11.9. The lowest BCUT2D eigenvalue weighted by atomic mass is 9.82. The van der Waals surface area contributed by atoms with Crippen LogP contribution in [0.5, 0.6) is 5.75 Å². The number of halogens is 3. The maximum absolute atomic E-state index is 13.6. The lowest BCUT2D eigenvalue weighted by Gasteiger charge is -2.36. The molecule has 0 saturated heterocycles. The Kier molecular flexibility index (Phi) is 8.60. The van der Waals surface area contributed by atoms with Gasteiger partial charge in [-0.3, -0.25) is 14.3 Å². The molecule has 2 heterocycles. The van der Waals surface area contributed by atoms with Crippen molar-refractivity contribution in [3.63, 3.8) is 0 Å². The number of nitrogens with zero attached hydrogens (tertiary/aromatic N) is 2. The number of amides is 2. The Morgan fingerprint density at radius 1 is 1.24 bits per heavy atom. The molecule has 2 amide bonds. The molecule has 0 unspecified atom stereocenters. The van der Waals surface area contributed by atoms with Crippen molar-refractivity contribution in [2.75, 3.05) is 23.9 Å². The zero-order valence-electron chi connectivity index (χ0n) is 23.7. The number of sulfone groups is 1. The molecular formula is C29H37F3N4O5S. The van der Waals surface area contributed by atoms with E-state index in [0.29, 0.717) is 43.2 Å². The van der Waals surface area contributed by atoms with Crippen molar-refractivity contribution in [1.82, 2.24) is 15.1 Å². The maximum Gasteiger partial charge on any atom is 0.389 e. The van der Waals surface area contributed by atoms with Crippen LogP contribution >= 0.6 is 0 Å². The Labute approximate surface area is 243 Å². The van der Waals surface area contributed by atoms with Crippen molar-refractivity contribution >= 4 is 27.5 Å². The first-order valence-electron chi connectivity index (χ1n) is 14.5. The van der Waals surface area contributed by atoms with Gasteiger partial charge in [0.25, 0.3) is 5.91 Å². The summed E-state index contributed by atoms with van der Waals surface area (Å²) < 4.78 is 68.1. The number of carbonyl (C=O) groups is 2. The van der Waals surface area contributed by atoms with Gasteiger partial charge in [0.05, 0.1) is 17.8 Å². The Balaban J connectivity index is 1.38. The lowest BCUT2D eigenvalue weighted by Crippen LogP contribution is -2.50. The normalized spacial score (nSPS) is 20.7. The monoisotopic (exact) mass is 610 g/mol. The van der Waals surface area contributed by atoms with E-state index in [1.165, 1.54) is 19.3 Å². The first-order valence-corrected chi connectivity index (χ1v) is 16.6. The number of benzene rings is 1. The molecule has 2 N–H and O–H groups in total. The lowest BCUT2D eigenvalue weighted by molar-refractivity contribution is -0.136. The van der Waals surface area contributed by atoms with E-state index in [-0.39, 0.29) is 24.4 Å². The fourth-order valence-electron chi connectivity index (χ4n) is 6.58. The highest BCUT2D eigenvalue weighted by Crippen LogP contribution is 2.44. The van der Waals surface area contributed by atoms with Crippen LogP contribution in [0, 0.1) is 5.92 Å². The smallest absolute Gasteiger partial charge is 0.389 e. The molecule has 3 aliphatic rings. The highest BCUT2D eigenvalue weighted by Gasteiger charge is 2.47. The highest BCUT2D eigenvalue weighted by molar-refractivity contribution is 7.91. The number of carbonyl (C=O) groups excluding carboxylic acids is 2. The number of hydrogen-bond acceptors (Lipinski definition) is 6. The van der Waals surface area contributed by atoms with Crippen molar-refractivity contribution in [3.05, 3.63) is 40.6 Å². The third-order valence-electron chi connectivity index (χ3n) is 8.52. The minimum absolute atomic E-state index is 0.0441. The van der Waals surface area contributed by atoms with Crippen molar-refractivity contribution in [2.45, 2.75) is 88.9 Å². The van der Waals surface area contributed by atoms with E-state index in [2.05, 4.69) is 15.7 Å². The maximum atomic E-state index is 13.6. The largest absolute Gasteiger partial charge is 0.494 e. The third kappa shape index (κ3) is 7.09. The standard InChI is InChI=1S/C29H37F3N4O5S/c1-42(39,40)18-24(37)33-26-25-23(36(35-26)14-11-19-6-3-2-4-7-19)17-28(34-27(25)38)13-10-20-16-21(8-9-22(20)28)41-15-5-12-29(30,31)32/h8-9,16,19H,2-7,10-15,17-18H2,1H3,(H,34,38)(H,33,35,37)/t28-/m0/s1. The van der Waals surface area contributed by atoms with Crippen LogP contribution in [-0.2, 0) is 39.6 Å². The fourth-order valence-corrected chi connectivity index (χ4v) is 7.13. The van der Waals surface area contributed by atoms with Crippen molar-refractivity contribution in [1.29, 1.82) is 0 Å². The van der Waals surface area contributed by atoms with E-state index in [4.69, 9.17) is 4.74 Å². The van der Waals surface area contributed by atoms with Gasteiger partial charge in [-0.2, -0.15) is 18.3 Å². The molecule has 1 aromatic heterocycles. The Morgan fingerprint density at radius 2 is 2.00 bits per heavy atom. The van der Waals surface area contributed by atoms with Crippen LogP contribution in [0.4, 0.5) is 19.0 Å². The summed E-state index contributed by atoms with van der Waals surface area (Å²) in [7, 11) is -3.57. The zero-order valence-corrected chi connectivity index (χ0v) is 24.5. The van der Waals surface area contributed by atoms with Gasteiger partial charge in [-0.1, -0.05) is 38.2 Å². The second-order valence-electron chi connectivity index (χ2n) is 11.9.